The van der Waals surface area contributed by atoms with Crippen molar-refractivity contribution in [1.29, 1.82) is 0 Å². The topological polar surface area (TPSA) is 42.1 Å². The summed E-state index contributed by atoms with van der Waals surface area (Å²) in [7, 11) is 1.40. The van der Waals surface area contributed by atoms with Crippen LogP contribution in [0.1, 0.15) is 44.9 Å². The molecule has 0 bridgehead atoms. The molecule has 3 rings (SSSR count). The highest BCUT2D eigenvalue weighted by atomic mass is 16.5. The number of ether oxygens (including phenoxy) is 1. The van der Waals surface area contributed by atoms with Gasteiger partial charge in [0.2, 0.25) is 0 Å². The summed E-state index contributed by atoms with van der Waals surface area (Å²) >= 11 is 0. The molecule has 3 heteroatoms. The first-order chi connectivity index (χ1) is 10.1. The van der Waals surface area contributed by atoms with Crippen LogP contribution in [0.3, 0.4) is 0 Å². The number of H-pyrrole nitrogens is 1. The smallest absolute Gasteiger partial charge is 0.354 e. The quantitative estimate of drug-likeness (QED) is 0.848. The number of aromatic amines is 1. The van der Waals surface area contributed by atoms with Crippen LogP contribution in [0, 0.1) is 13.8 Å². The minimum Gasteiger partial charge on any atom is -0.464 e. The van der Waals surface area contributed by atoms with Crippen LogP contribution < -0.4 is 0 Å². The number of carbonyl (C=O) groups excluding carboxylic acids is 1. The van der Waals surface area contributed by atoms with Gasteiger partial charge in [-0.25, -0.2) is 4.79 Å². The van der Waals surface area contributed by atoms with Crippen molar-refractivity contribution in [3.63, 3.8) is 0 Å². The molecule has 1 aliphatic rings. The fourth-order valence-corrected chi connectivity index (χ4v) is 2.80. The number of hydrogen-bond donors (Lipinski definition) is 1. The lowest BCUT2D eigenvalue weighted by molar-refractivity contribution is 0.0594. The van der Waals surface area contributed by atoms with Gasteiger partial charge in [0.25, 0.3) is 0 Å². The van der Waals surface area contributed by atoms with Gasteiger partial charge < -0.3 is 9.72 Å². The second-order valence-corrected chi connectivity index (χ2v) is 5.58. The SMILES string of the molecule is COC(=O)c1cc2c([nH]1)CCC2=Cc1ccc(C)c(C)c1. The Morgan fingerprint density at radius 2 is 2.00 bits per heavy atom. The zero-order valence-corrected chi connectivity index (χ0v) is 12.6. The third-order valence-electron chi connectivity index (χ3n) is 4.17. The van der Waals surface area contributed by atoms with Crippen LogP contribution in [0.25, 0.3) is 11.6 Å². The molecule has 0 amide bonds. The molecular weight excluding hydrogens is 262 g/mol. The van der Waals surface area contributed by atoms with Crippen molar-refractivity contribution in [3.05, 3.63) is 57.9 Å². The predicted molar refractivity (Wildman–Crippen MR) is 84.2 cm³/mol. The lowest BCUT2D eigenvalue weighted by Crippen LogP contribution is -2.01. The van der Waals surface area contributed by atoms with Crippen molar-refractivity contribution >= 4 is 17.6 Å². The number of aryl methyl sites for hydroxylation is 3. The highest BCUT2D eigenvalue weighted by Gasteiger charge is 2.21. The number of benzene rings is 1. The predicted octanol–water partition coefficient (Wildman–Crippen LogP) is 3.90. The summed E-state index contributed by atoms with van der Waals surface area (Å²) in [5.74, 6) is -0.310. The van der Waals surface area contributed by atoms with Crippen molar-refractivity contribution < 1.29 is 9.53 Å². The van der Waals surface area contributed by atoms with Crippen molar-refractivity contribution in [2.45, 2.75) is 26.7 Å². The van der Waals surface area contributed by atoms with Crippen molar-refractivity contribution in [3.8, 4) is 0 Å². The molecule has 108 valence electrons. The molecule has 0 spiro atoms. The first kappa shape index (κ1) is 13.7. The van der Waals surface area contributed by atoms with E-state index in [-0.39, 0.29) is 5.97 Å². The summed E-state index contributed by atoms with van der Waals surface area (Å²) in [6, 6.07) is 8.39. The maximum absolute atomic E-state index is 11.6. The van der Waals surface area contributed by atoms with E-state index in [9.17, 15) is 4.79 Å². The fraction of sp³-hybridized carbons (Fsp3) is 0.278. The molecule has 1 heterocycles. The van der Waals surface area contributed by atoms with Gasteiger partial charge in [0.1, 0.15) is 5.69 Å². The summed E-state index contributed by atoms with van der Waals surface area (Å²) in [4.78, 5) is 14.8. The molecule has 0 atom stereocenters. The molecule has 3 nitrogen and oxygen atoms in total. The lowest BCUT2D eigenvalue weighted by Gasteiger charge is -2.03. The number of fused-ring (bicyclic) bond motifs is 1. The molecule has 0 saturated carbocycles. The van der Waals surface area contributed by atoms with E-state index < -0.39 is 0 Å². The number of allylic oxidation sites excluding steroid dienone is 1. The molecule has 1 aromatic carbocycles. The molecule has 21 heavy (non-hydrogen) atoms. The first-order valence-corrected chi connectivity index (χ1v) is 7.17. The standard InChI is InChI=1S/C18H19NO2/c1-11-4-5-13(8-12(11)2)9-14-6-7-16-15(14)10-17(19-16)18(20)21-3/h4-5,8-10,19H,6-7H2,1-3H3. The monoisotopic (exact) mass is 281 g/mol. The number of esters is 1. The van der Waals surface area contributed by atoms with Gasteiger partial charge in [0.15, 0.2) is 0 Å². The Kier molecular flexibility index (Phi) is 3.42. The molecular formula is C18H19NO2. The van der Waals surface area contributed by atoms with E-state index in [0.29, 0.717) is 5.69 Å². The van der Waals surface area contributed by atoms with Crippen LogP contribution in [0.15, 0.2) is 24.3 Å². The lowest BCUT2D eigenvalue weighted by atomic mass is 10.0. The minimum atomic E-state index is -0.310. The Morgan fingerprint density at radius 3 is 2.71 bits per heavy atom. The Morgan fingerprint density at radius 1 is 1.19 bits per heavy atom. The highest BCUT2D eigenvalue weighted by molar-refractivity contribution is 5.92. The third-order valence-corrected chi connectivity index (χ3v) is 4.17. The highest BCUT2D eigenvalue weighted by Crippen LogP contribution is 2.34. The number of aromatic nitrogens is 1. The Balaban J connectivity index is 1.96. The maximum atomic E-state index is 11.6. The number of carbonyl (C=O) groups is 1. The molecule has 0 unspecified atom stereocenters. The molecule has 1 aliphatic carbocycles. The number of hydrogen-bond acceptors (Lipinski definition) is 2. The van der Waals surface area contributed by atoms with E-state index >= 15 is 0 Å². The maximum Gasteiger partial charge on any atom is 0.354 e. The Bertz CT molecular complexity index is 738. The van der Waals surface area contributed by atoms with E-state index in [4.69, 9.17) is 4.74 Å². The van der Waals surface area contributed by atoms with E-state index in [1.54, 1.807) is 0 Å². The largest absolute Gasteiger partial charge is 0.464 e. The molecule has 0 aliphatic heterocycles. The number of methoxy groups -OCH3 is 1. The van der Waals surface area contributed by atoms with Crippen molar-refractivity contribution in [2.75, 3.05) is 7.11 Å². The van der Waals surface area contributed by atoms with Gasteiger partial charge >= 0.3 is 5.97 Å². The third kappa shape index (κ3) is 2.51. The zero-order chi connectivity index (χ0) is 15.0. The van der Waals surface area contributed by atoms with Crippen LogP contribution >= 0.6 is 0 Å². The van der Waals surface area contributed by atoms with Crippen LogP contribution in [0.2, 0.25) is 0 Å². The van der Waals surface area contributed by atoms with E-state index in [1.165, 1.54) is 29.4 Å². The molecule has 1 aromatic heterocycles. The second-order valence-electron chi connectivity index (χ2n) is 5.58. The molecule has 0 saturated heterocycles. The number of rotatable bonds is 2. The Hall–Kier alpha value is -2.29. The van der Waals surface area contributed by atoms with Gasteiger partial charge in [-0.05, 0) is 60.6 Å². The van der Waals surface area contributed by atoms with Crippen LogP contribution in [0.4, 0.5) is 0 Å². The summed E-state index contributed by atoms with van der Waals surface area (Å²) in [5.41, 5.74) is 7.90. The van der Waals surface area contributed by atoms with E-state index in [0.717, 1.165) is 24.1 Å². The summed E-state index contributed by atoms with van der Waals surface area (Å²) in [5, 5.41) is 0. The van der Waals surface area contributed by atoms with Gasteiger partial charge in [-0.2, -0.15) is 0 Å². The second kappa shape index (κ2) is 5.24. The zero-order valence-electron chi connectivity index (χ0n) is 12.6. The van der Waals surface area contributed by atoms with Gasteiger partial charge in [-0.3, -0.25) is 0 Å². The summed E-state index contributed by atoms with van der Waals surface area (Å²) in [6.07, 6.45) is 4.17. The average Bonchev–Trinajstić information content (AvgIpc) is 3.04. The van der Waals surface area contributed by atoms with Gasteiger partial charge in [-0.15, -0.1) is 0 Å². The molecule has 0 radical (unpaired) electrons. The summed E-state index contributed by atoms with van der Waals surface area (Å²) in [6.45, 7) is 4.25. The molecule has 1 N–H and O–H groups in total. The average molecular weight is 281 g/mol. The first-order valence-electron chi connectivity index (χ1n) is 7.17. The minimum absolute atomic E-state index is 0.310. The van der Waals surface area contributed by atoms with Crippen molar-refractivity contribution in [1.82, 2.24) is 4.98 Å². The normalized spacial score (nSPS) is 15.3. The summed E-state index contributed by atoms with van der Waals surface area (Å²) < 4.78 is 4.77. The van der Waals surface area contributed by atoms with Gasteiger partial charge in [0, 0.05) is 5.69 Å². The van der Waals surface area contributed by atoms with Crippen LogP contribution in [-0.4, -0.2) is 18.1 Å². The van der Waals surface area contributed by atoms with E-state index in [2.05, 4.69) is 43.1 Å². The van der Waals surface area contributed by atoms with Crippen LogP contribution in [0.5, 0.6) is 0 Å². The van der Waals surface area contributed by atoms with Crippen LogP contribution in [-0.2, 0) is 11.2 Å². The van der Waals surface area contributed by atoms with Gasteiger partial charge in [0.05, 0.1) is 7.11 Å². The van der Waals surface area contributed by atoms with Crippen molar-refractivity contribution in [2.24, 2.45) is 0 Å². The fourth-order valence-electron chi connectivity index (χ4n) is 2.80. The Labute approximate surface area is 124 Å². The van der Waals surface area contributed by atoms with Gasteiger partial charge in [-0.1, -0.05) is 24.3 Å². The van der Waals surface area contributed by atoms with E-state index in [1.807, 2.05) is 6.07 Å². The number of nitrogens with one attached hydrogen (secondary N) is 1. The molecule has 2 aromatic rings. The molecule has 0 fully saturated rings.